The van der Waals surface area contributed by atoms with Gasteiger partial charge in [0.1, 0.15) is 10.9 Å². The Morgan fingerprint density at radius 1 is 0.958 bits per heavy atom. The van der Waals surface area contributed by atoms with E-state index in [2.05, 4.69) is 15.4 Å². The van der Waals surface area contributed by atoms with Crippen molar-refractivity contribution in [2.75, 3.05) is 21.2 Å². The van der Waals surface area contributed by atoms with Crippen LogP contribution in [0, 0.1) is 11.3 Å². The Morgan fingerprint density at radius 3 is 2.04 bits per heavy atom. The van der Waals surface area contributed by atoms with Crippen LogP contribution in [0.25, 0.3) is 0 Å². The van der Waals surface area contributed by atoms with Crippen LogP contribution in [0.1, 0.15) is 71.3 Å². The van der Waals surface area contributed by atoms with Gasteiger partial charge in [-0.3, -0.25) is 14.4 Å². The molecule has 0 radical (unpaired) electrons. The van der Waals surface area contributed by atoms with Gasteiger partial charge >= 0.3 is 5.97 Å². The summed E-state index contributed by atoms with van der Waals surface area (Å²) in [6.45, 7) is 14.6. The van der Waals surface area contributed by atoms with Crippen molar-refractivity contribution in [3.05, 3.63) is 76.3 Å². The molecule has 2 rings (SSSR count). The quantitative estimate of drug-likeness (QED) is 0.204. The molecular weight excluding hydrogens is 656 g/mol. The summed E-state index contributed by atoms with van der Waals surface area (Å²) in [5.41, 5.74) is -0.397. The maximum atomic E-state index is 14.1. The molecule has 264 valence electrons. The number of carbonyl (C=O) groups is 4. The van der Waals surface area contributed by atoms with E-state index < -0.39 is 55.8 Å². The van der Waals surface area contributed by atoms with Crippen molar-refractivity contribution in [1.29, 1.82) is 0 Å². The maximum absolute atomic E-state index is 14.1. The van der Waals surface area contributed by atoms with E-state index >= 15 is 0 Å². The molecule has 3 atom stereocenters. The monoisotopic (exact) mass is 704 g/mol. The second kappa shape index (κ2) is 16.1. The van der Waals surface area contributed by atoms with Gasteiger partial charge in [0.05, 0.1) is 29.8 Å². The van der Waals surface area contributed by atoms with E-state index in [9.17, 15) is 27.6 Å². The smallest absolute Gasteiger partial charge is 0.337 e. The SMILES string of the molecule is CN[C@H](C(=O)N[C@H](C(=O)N(C)[C@H](C=C(C)C(=O)NS(=O)(=O)c1cc(C(=O)OC)ccc1Cl)C(C)C)C(C)(C)C)C(C)(C)c1ccccc1. The maximum Gasteiger partial charge on any atom is 0.337 e. The van der Waals surface area contributed by atoms with Crippen LogP contribution in [0.4, 0.5) is 0 Å². The number of rotatable bonds is 13. The number of likely N-dealkylation sites (N-methyl/N-ethyl adjacent to an activating group) is 2. The molecule has 0 saturated heterocycles. The molecule has 13 heteroatoms. The van der Waals surface area contributed by atoms with Crippen LogP contribution in [0.5, 0.6) is 0 Å². The van der Waals surface area contributed by atoms with Gasteiger partial charge in [0.25, 0.3) is 15.9 Å². The van der Waals surface area contributed by atoms with E-state index in [1.165, 1.54) is 30.0 Å². The number of esters is 1. The zero-order chi connectivity index (χ0) is 36.8. The zero-order valence-corrected chi connectivity index (χ0v) is 31.2. The number of nitrogens with zero attached hydrogens (tertiary/aromatic N) is 1. The average molecular weight is 705 g/mol. The van der Waals surface area contributed by atoms with Gasteiger partial charge in [-0.1, -0.05) is 96.5 Å². The highest BCUT2D eigenvalue weighted by Gasteiger charge is 2.41. The highest BCUT2D eigenvalue weighted by atomic mass is 35.5. The molecule has 0 aliphatic rings. The van der Waals surface area contributed by atoms with Crippen molar-refractivity contribution >= 4 is 45.3 Å². The Labute approximate surface area is 289 Å². The summed E-state index contributed by atoms with van der Waals surface area (Å²) in [6, 6.07) is 10.9. The van der Waals surface area contributed by atoms with Crippen molar-refractivity contribution in [1.82, 2.24) is 20.3 Å². The fourth-order valence-corrected chi connectivity index (χ4v) is 6.92. The molecule has 0 heterocycles. The first kappa shape index (κ1) is 40.4. The Morgan fingerprint density at radius 2 is 1.54 bits per heavy atom. The fraction of sp³-hybridized carbons (Fsp3) is 0.486. The Balaban J connectivity index is 2.37. The van der Waals surface area contributed by atoms with Crippen molar-refractivity contribution in [3.8, 4) is 0 Å². The second-order valence-electron chi connectivity index (χ2n) is 13.7. The van der Waals surface area contributed by atoms with Crippen molar-refractivity contribution < 1.29 is 32.3 Å². The number of hydrogen-bond donors (Lipinski definition) is 3. The minimum Gasteiger partial charge on any atom is -0.465 e. The zero-order valence-electron chi connectivity index (χ0n) is 29.6. The van der Waals surface area contributed by atoms with Crippen molar-refractivity contribution in [2.24, 2.45) is 11.3 Å². The number of carbonyl (C=O) groups excluding carboxylic acids is 4. The molecule has 2 aromatic carbocycles. The number of halogens is 1. The summed E-state index contributed by atoms with van der Waals surface area (Å²) in [5.74, 6) is -2.65. The highest BCUT2D eigenvalue weighted by Crippen LogP contribution is 2.29. The number of benzene rings is 2. The Bertz CT molecular complexity index is 1630. The van der Waals surface area contributed by atoms with Crippen LogP contribution < -0.4 is 15.4 Å². The van der Waals surface area contributed by atoms with Gasteiger partial charge in [0.2, 0.25) is 11.8 Å². The summed E-state index contributed by atoms with van der Waals surface area (Å²) in [5, 5.41) is 5.91. The molecule has 0 aromatic heterocycles. The third-order valence-electron chi connectivity index (χ3n) is 8.32. The summed E-state index contributed by atoms with van der Waals surface area (Å²) in [4.78, 5) is 54.0. The number of ether oxygens (including phenoxy) is 1. The largest absolute Gasteiger partial charge is 0.465 e. The lowest BCUT2D eigenvalue weighted by atomic mass is 9.76. The molecule has 0 aliphatic heterocycles. The van der Waals surface area contributed by atoms with Gasteiger partial charge in [-0.2, -0.15) is 0 Å². The Kier molecular flexibility index (Phi) is 13.6. The lowest BCUT2D eigenvalue weighted by Crippen LogP contribution is -2.61. The predicted molar refractivity (Wildman–Crippen MR) is 187 cm³/mol. The van der Waals surface area contributed by atoms with Gasteiger partial charge in [-0.15, -0.1) is 0 Å². The molecule has 0 bridgehead atoms. The van der Waals surface area contributed by atoms with Gasteiger partial charge in [-0.25, -0.2) is 17.9 Å². The van der Waals surface area contributed by atoms with Crippen LogP contribution in [0.3, 0.4) is 0 Å². The molecular formula is C35H49ClN4O7S. The number of amides is 3. The van der Waals surface area contributed by atoms with Crippen LogP contribution in [-0.4, -0.2) is 76.3 Å². The minimum atomic E-state index is -4.50. The number of methoxy groups -OCH3 is 1. The molecule has 0 spiro atoms. The Hall–Kier alpha value is -3.74. The van der Waals surface area contributed by atoms with Crippen LogP contribution in [-0.2, 0) is 34.6 Å². The third-order valence-corrected chi connectivity index (χ3v) is 10.1. The molecule has 0 unspecified atom stereocenters. The third kappa shape index (κ3) is 9.67. The van der Waals surface area contributed by atoms with E-state index in [-0.39, 0.29) is 33.9 Å². The fourth-order valence-electron chi connectivity index (χ4n) is 5.37. The normalized spacial score (nSPS) is 14.5. The second-order valence-corrected chi connectivity index (χ2v) is 15.8. The summed E-state index contributed by atoms with van der Waals surface area (Å²) in [7, 11) is -0.0632. The van der Waals surface area contributed by atoms with E-state index in [0.717, 1.165) is 18.7 Å². The first-order chi connectivity index (χ1) is 22.1. The molecule has 0 fully saturated rings. The molecule has 0 saturated carbocycles. The highest BCUT2D eigenvalue weighted by molar-refractivity contribution is 7.90. The number of sulfonamides is 1. The van der Waals surface area contributed by atoms with Crippen LogP contribution in [0.15, 0.2) is 65.1 Å². The van der Waals surface area contributed by atoms with E-state index in [4.69, 9.17) is 11.6 Å². The van der Waals surface area contributed by atoms with Crippen molar-refractivity contribution in [2.45, 2.75) is 83.8 Å². The topological polar surface area (TPSA) is 151 Å². The first-order valence-corrected chi connectivity index (χ1v) is 17.4. The van der Waals surface area contributed by atoms with E-state index in [1.54, 1.807) is 14.1 Å². The predicted octanol–water partition coefficient (Wildman–Crippen LogP) is 4.46. The number of hydrogen-bond acceptors (Lipinski definition) is 8. The van der Waals surface area contributed by atoms with E-state index in [1.807, 2.05) is 83.5 Å². The molecule has 11 nitrogen and oxygen atoms in total. The van der Waals surface area contributed by atoms with Crippen LogP contribution in [0.2, 0.25) is 5.02 Å². The summed E-state index contributed by atoms with van der Waals surface area (Å²) >= 11 is 6.11. The molecule has 0 aliphatic carbocycles. The lowest BCUT2D eigenvalue weighted by molar-refractivity contribution is -0.140. The molecule has 3 amide bonds. The van der Waals surface area contributed by atoms with Gasteiger partial charge in [-0.05, 0) is 49.1 Å². The summed E-state index contributed by atoms with van der Waals surface area (Å²) in [6.07, 6.45) is 1.51. The number of nitrogens with one attached hydrogen (secondary N) is 3. The molecule has 48 heavy (non-hydrogen) atoms. The van der Waals surface area contributed by atoms with Gasteiger partial charge in [0.15, 0.2) is 0 Å². The van der Waals surface area contributed by atoms with Gasteiger partial charge < -0.3 is 20.3 Å². The standard InChI is InChI=1S/C35H49ClN4O7S/c1-21(2)26(19-22(3)30(41)39-48(45,46)27-20-23(33(44)47-11)17-18-25(27)36)40(10)32(43)29(34(4,5)6)38-31(42)28(37-9)35(7,8)24-15-13-12-14-16-24/h12-21,26,28-29,37H,1-11H3,(H,38,42)(H,39,41)/t26-,28-,29-/m1/s1. The first-order valence-electron chi connectivity index (χ1n) is 15.5. The average Bonchev–Trinajstić information content (AvgIpc) is 3.01. The van der Waals surface area contributed by atoms with Crippen LogP contribution >= 0.6 is 11.6 Å². The van der Waals surface area contributed by atoms with E-state index in [0.29, 0.717) is 0 Å². The lowest BCUT2D eigenvalue weighted by Gasteiger charge is -2.40. The molecule has 2 aromatic rings. The minimum absolute atomic E-state index is 0.0216. The molecule has 3 N–H and O–H groups in total. The van der Waals surface area contributed by atoms with Gasteiger partial charge in [0, 0.05) is 18.0 Å². The summed E-state index contributed by atoms with van der Waals surface area (Å²) < 4.78 is 32.9. The van der Waals surface area contributed by atoms with Crippen molar-refractivity contribution in [3.63, 3.8) is 0 Å².